The first kappa shape index (κ1) is 32.4. The molecular formula is C22H53NO5SSi3. The second-order valence-corrected chi connectivity index (χ2v) is 28.3. The minimum absolute atomic E-state index is 0.0919. The van der Waals surface area contributed by atoms with Crippen LogP contribution in [0.15, 0.2) is 0 Å². The van der Waals surface area contributed by atoms with E-state index in [9.17, 15) is 13.0 Å². The molecule has 0 heterocycles. The van der Waals surface area contributed by atoms with Gasteiger partial charge in [0, 0.05) is 12.2 Å². The van der Waals surface area contributed by atoms with E-state index in [0.717, 1.165) is 19.0 Å². The summed E-state index contributed by atoms with van der Waals surface area (Å²) in [6.07, 6.45) is 1.34. The van der Waals surface area contributed by atoms with Gasteiger partial charge in [0.1, 0.15) is 0 Å². The maximum Gasteiger partial charge on any atom is 0.314 e. The van der Waals surface area contributed by atoms with Crippen molar-refractivity contribution in [3.8, 4) is 0 Å². The smallest absolute Gasteiger partial charge is 0.314 e. The molecule has 0 N–H and O–H groups in total. The summed E-state index contributed by atoms with van der Waals surface area (Å²) in [5.74, 6) is -0.300. The molecule has 10 heteroatoms. The minimum Gasteiger partial charge on any atom is -0.748 e. The summed E-state index contributed by atoms with van der Waals surface area (Å²) in [7, 11) is -6.40. The van der Waals surface area contributed by atoms with Crippen molar-refractivity contribution in [2.45, 2.75) is 116 Å². The molecule has 0 aromatic rings. The van der Waals surface area contributed by atoms with Crippen molar-refractivity contribution in [1.82, 2.24) is 0 Å². The summed E-state index contributed by atoms with van der Waals surface area (Å²) in [6, 6.07) is 1.01. The molecule has 0 spiro atoms. The number of hydrogen-bond acceptors (Lipinski definition) is 5. The van der Waals surface area contributed by atoms with Gasteiger partial charge in [0.15, 0.2) is 16.6 Å². The number of quaternary nitrogens is 1. The van der Waals surface area contributed by atoms with E-state index >= 15 is 0 Å². The Morgan fingerprint density at radius 2 is 1.25 bits per heavy atom. The van der Waals surface area contributed by atoms with Gasteiger partial charge in [0.05, 0.1) is 36.8 Å². The van der Waals surface area contributed by atoms with Crippen LogP contribution in [0.3, 0.4) is 0 Å². The van der Waals surface area contributed by atoms with Gasteiger partial charge >= 0.3 is 8.56 Å². The zero-order valence-electron chi connectivity index (χ0n) is 23.5. The molecule has 1 unspecified atom stereocenters. The second-order valence-electron chi connectivity index (χ2n) is 13.4. The highest BCUT2D eigenvalue weighted by molar-refractivity contribution is 7.85. The van der Waals surface area contributed by atoms with Crippen molar-refractivity contribution in [3.05, 3.63) is 0 Å². The highest BCUT2D eigenvalue weighted by Crippen LogP contribution is 2.43. The summed E-state index contributed by atoms with van der Waals surface area (Å²) in [6.45, 7) is 28.0. The number of rotatable bonds is 12. The van der Waals surface area contributed by atoms with Crippen LogP contribution in [0, 0.1) is 0 Å². The molecule has 0 aromatic heterocycles. The van der Waals surface area contributed by atoms with Gasteiger partial charge in [-0.05, 0) is 62.2 Å². The predicted octanol–water partition coefficient (Wildman–Crippen LogP) is 5.89. The van der Waals surface area contributed by atoms with E-state index in [2.05, 4.69) is 88.4 Å². The Morgan fingerprint density at radius 3 is 1.56 bits per heavy atom. The Bertz CT molecular complexity index is 682. The van der Waals surface area contributed by atoms with Crippen LogP contribution >= 0.6 is 0 Å². The topological polar surface area (TPSA) is 75.7 Å². The van der Waals surface area contributed by atoms with Crippen LogP contribution in [-0.4, -0.2) is 75.1 Å². The Morgan fingerprint density at radius 1 is 0.875 bits per heavy atom. The Balaban J connectivity index is 5.55. The third kappa shape index (κ3) is 10.4. The van der Waals surface area contributed by atoms with Crippen LogP contribution in [-0.2, 0) is 18.3 Å². The van der Waals surface area contributed by atoms with E-state index < -0.39 is 35.3 Å². The molecule has 0 radical (unpaired) electrons. The molecule has 0 fully saturated rings. The van der Waals surface area contributed by atoms with E-state index in [1.807, 2.05) is 6.92 Å². The zero-order valence-corrected chi connectivity index (χ0v) is 27.3. The maximum atomic E-state index is 11.1. The molecule has 0 aliphatic rings. The summed E-state index contributed by atoms with van der Waals surface area (Å²) in [4.78, 5) is 0. The van der Waals surface area contributed by atoms with E-state index in [1.165, 1.54) is 0 Å². The molecule has 0 aliphatic carbocycles. The average molecular weight is 528 g/mol. The SMILES string of the molecule is CC(CCS(=O)(=O)[O-])[N+](C)(C)CCC[Si](C)(O[Si](C)(C)C(C)(C)C)O[Si](C)(C)C(C)(C)C. The van der Waals surface area contributed by atoms with Gasteiger partial charge in [0.25, 0.3) is 0 Å². The molecule has 0 bridgehead atoms. The number of nitrogens with zero attached hydrogens (tertiary/aromatic N) is 1. The molecule has 32 heavy (non-hydrogen) atoms. The summed E-state index contributed by atoms with van der Waals surface area (Å²) in [5, 5.41) is 0.234. The van der Waals surface area contributed by atoms with Gasteiger partial charge < -0.3 is 17.3 Å². The van der Waals surface area contributed by atoms with Crippen LogP contribution in [0.25, 0.3) is 0 Å². The molecule has 1 atom stereocenters. The van der Waals surface area contributed by atoms with E-state index in [-0.39, 0.29) is 21.9 Å². The van der Waals surface area contributed by atoms with E-state index in [0.29, 0.717) is 10.9 Å². The lowest BCUT2D eigenvalue weighted by molar-refractivity contribution is -0.913. The molecule has 0 saturated heterocycles. The van der Waals surface area contributed by atoms with Crippen molar-refractivity contribution in [1.29, 1.82) is 0 Å². The van der Waals surface area contributed by atoms with E-state index in [1.54, 1.807) is 0 Å². The second kappa shape index (κ2) is 10.6. The molecule has 194 valence electrons. The highest BCUT2D eigenvalue weighted by atomic mass is 32.2. The lowest BCUT2D eigenvalue weighted by Gasteiger charge is -2.48. The zero-order chi connectivity index (χ0) is 26.0. The van der Waals surface area contributed by atoms with Crippen LogP contribution in [0.2, 0.25) is 48.9 Å². The fourth-order valence-corrected chi connectivity index (χ4v) is 17.1. The third-order valence-corrected chi connectivity index (χ3v) is 24.7. The quantitative estimate of drug-likeness (QED) is 0.180. The third-order valence-electron chi connectivity index (χ3n) is 7.90. The Hall–Kier alpha value is 0.441. The summed E-state index contributed by atoms with van der Waals surface area (Å²) in [5.41, 5.74) is 0. The van der Waals surface area contributed by atoms with Crippen LogP contribution in [0.5, 0.6) is 0 Å². The largest absolute Gasteiger partial charge is 0.748 e. The van der Waals surface area contributed by atoms with Crippen molar-refractivity contribution in [2.24, 2.45) is 0 Å². The average Bonchev–Trinajstić information content (AvgIpc) is 2.47. The first-order valence-corrected chi connectivity index (χ1v) is 21.8. The first-order chi connectivity index (χ1) is 13.7. The molecule has 6 nitrogen and oxygen atoms in total. The standard InChI is InChI=1S/C22H53NO5SSi3/c1-20(16-18-29(24,25)26)23(8,9)17-15-19-32(14,27-30(10,11)21(2,3)4)28-31(12,13)22(5,6)7/h20H,15-19H2,1-14H3. The molecule has 0 rings (SSSR count). The van der Waals surface area contributed by atoms with Gasteiger partial charge in [-0.15, -0.1) is 0 Å². The van der Waals surface area contributed by atoms with Crippen molar-refractivity contribution < 1.29 is 25.7 Å². The molecular weight excluding hydrogens is 475 g/mol. The fraction of sp³-hybridized carbons (Fsp3) is 1.00. The van der Waals surface area contributed by atoms with Gasteiger partial charge in [-0.1, -0.05) is 41.5 Å². The van der Waals surface area contributed by atoms with E-state index in [4.69, 9.17) is 8.23 Å². The van der Waals surface area contributed by atoms with Crippen molar-refractivity contribution in [2.75, 3.05) is 26.4 Å². The lowest BCUT2D eigenvalue weighted by atomic mass is 10.2. The van der Waals surface area contributed by atoms with Gasteiger partial charge in [-0.2, -0.15) is 0 Å². The van der Waals surface area contributed by atoms with Crippen molar-refractivity contribution >= 4 is 35.3 Å². The minimum atomic E-state index is -4.18. The van der Waals surface area contributed by atoms with Gasteiger partial charge in [-0.3, -0.25) is 0 Å². The Kier molecular flexibility index (Phi) is 10.7. The van der Waals surface area contributed by atoms with Crippen molar-refractivity contribution in [3.63, 3.8) is 0 Å². The van der Waals surface area contributed by atoms with Crippen LogP contribution in [0.4, 0.5) is 0 Å². The van der Waals surface area contributed by atoms with Gasteiger partial charge in [0.2, 0.25) is 0 Å². The predicted molar refractivity (Wildman–Crippen MR) is 143 cm³/mol. The van der Waals surface area contributed by atoms with Crippen LogP contribution < -0.4 is 0 Å². The molecule has 0 amide bonds. The molecule has 0 aromatic carbocycles. The highest BCUT2D eigenvalue weighted by Gasteiger charge is 2.50. The monoisotopic (exact) mass is 527 g/mol. The molecule has 0 aliphatic heterocycles. The Labute approximate surface area is 203 Å². The molecule has 0 saturated carbocycles. The number of hydrogen-bond donors (Lipinski definition) is 0. The summed E-state index contributed by atoms with van der Waals surface area (Å²) >= 11 is 0. The fourth-order valence-electron chi connectivity index (χ4n) is 3.20. The normalized spacial score (nSPS) is 16.3. The van der Waals surface area contributed by atoms with Crippen LogP contribution in [0.1, 0.15) is 61.3 Å². The summed E-state index contributed by atoms with van der Waals surface area (Å²) < 4.78 is 47.9. The first-order valence-electron chi connectivity index (χ1n) is 11.9. The lowest BCUT2D eigenvalue weighted by Crippen LogP contribution is -2.59. The van der Waals surface area contributed by atoms with Gasteiger partial charge in [-0.25, -0.2) is 8.42 Å². The maximum absolute atomic E-state index is 11.1.